The van der Waals surface area contributed by atoms with E-state index in [9.17, 15) is 0 Å². The predicted octanol–water partition coefficient (Wildman–Crippen LogP) is 0.993. The van der Waals surface area contributed by atoms with Crippen LogP contribution in [-0.4, -0.2) is 17.5 Å². The van der Waals surface area contributed by atoms with Gasteiger partial charge in [-0.15, -0.1) is 0 Å². The summed E-state index contributed by atoms with van der Waals surface area (Å²) in [6, 6.07) is 0. The fourth-order valence-corrected chi connectivity index (χ4v) is 0.889. The van der Waals surface area contributed by atoms with E-state index in [0.717, 1.165) is 6.42 Å². The van der Waals surface area contributed by atoms with Crippen LogP contribution in [0, 0.1) is 0 Å². The number of aliphatic hydroxyl groups excluding tert-OH is 1. The molecule has 0 aromatic heterocycles. The first-order valence-electron chi connectivity index (χ1n) is 3.38. The molecule has 0 aromatic rings. The van der Waals surface area contributed by atoms with Crippen LogP contribution >= 0.6 is 0 Å². The van der Waals surface area contributed by atoms with E-state index in [2.05, 4.69) is 0 Å². The van der Waals surface area contributed by atoms with Gasteiger partial charge in [-0.25, -0.2) is 0 Å². The monoisotopic (exact) mass is 144 g/mol. The zero-order valence-corrected chi connectivity index (χ0v) is 6.04. The van der Waals surface area contributed by atoms with Gasteiger partial charge in [0, 0.05) is 20.0 Å². The summed E-state index contributed by atoms with van der Waals surface area (Å²) in [6.45, 7) is 2.03. The molecule has 0 aliphatic carbocycles. The molecule has 0 aromatic carbocycles. The minimum absolute atomic E-state index is 0.183. The van der Waals surface area contributed by atoms with E-state index < -0.39 is 5.79 Å². The molecule has 0 atom stereocenters. The molecule has 0 spiro atoms. The average molecular weight is 144 g/mol. The second-order valence-electron chi connectivity index (χ2n) is 2.47. The first-order valence-corrected chi connectivity index (χ1v) is 3.38. The molecule has 1 rings (SSSR count). The molecule has 1 heterocycles. The molecule has 0 bridgehead atoms. The predicted molar refractivity (Wildman–Crippen MR) is 36.0 cm³/mol. The molecule has 58 valence electrons. The van der Waals surface area contributed by atoms with Gasteiger partial charge in [0.25, 0.3) is 0 Å². The van der Waals surface area contributed by atoms with Gasteiger partial charge in [0.1, 0.15) is 12.5 Å². The van der Waals surface area contributed by atoms with E-state index >= 15 is 0 Å². The Morgan fingerprint density at radius 2 is 2.00 bits per heavy atom. The van der Waals surface area contributed by atoms with Crippen molar-refractivity contribution in [2.45, 2.75) is 25.6 Å². The van der Waals surface area contributed by atoms with Crippen molar-refractivity contribution in [2.24, 2.45) is 0 Å². The van der Waals surface area contributed by atoms with E-state index in [1.165, 1.54) is 12.5 Å². The zero-order valence-electron chi connectivity index (χ0n) is 6.04. The van der Waals surface area contributed by atoms with Crippen LogP contribution in [0.2, 0.25) is 0 Å². The van der Waals surface area contributed by atoms with Crippen LogP contribution in [0.1, 0.15) is 19.8 Å². The van der Waals surface area contributed by atoms with Crippen molar-refractivity contribution in [3.63, 3.8) is 0 Å². The van der Waals surface area contributed by atoms with Crippen molar-refractivity contribution >= 4 is 0 Å². The molecule has 10 heavy (non-hydrogen) atoms. The maximum atomic E-state index is 8.51. The molecule has 0 fully saturated rings. The Kier molecular flexibility index (Phi) is 2.17. The molecule has 0 saturated carbocycles. The summed E-state index contributed by atoms with van der Waals surface area (Å²) in [7, 11) is 0. The Labute approximate surface area is 60.3 Å². The molecule has 1 aliphatic rings. The number of hydrogen-bond acceptors (Lipinski definition) is 3. The lowest BCUT2D eigenvalue weighted by molar-refractivity contribution is -0.132. The van der Waals surface area contributed by atoms with Gasteiger partial charge in [-0.1, -0.05) is 0 Å². The minimum atomic E-state index is -0.525. The third-order valence-electron chi connectivity index (χ3n) is 1.48. The van der Waals surface area contributed by atoms with Crippen molar-refractivity contribution in [1.29, 1.82) is 0 Å². The zero-order chi connectivity index (χ0) is 7.45. The number of hydrogen-bond donors (Lipinski definition) is 1. The van der Waals surface area contributed by atoms with Crippen LogP contribution in [0.25, 0.3) is 0 Å². The van der Waals surface area contributed by atoms with E-state index in [-0.39, 0.29) is 6.61 Å². The standard InChI is InChI=1S/C7H12O3/c1-7(3-2-4-8)9-5-6-10-7/h5-6,8H,2-4H2,1H3. The highest BCUT2D eigenvalue weighted by atomic mass is 16.7. The first-order chi connectivity index (χ1) is 4.77. The van der Waals surface area contributed by atoms with E-state index in [1.54, 1.807) is 0 Å². The Balaban J connectivity index is 2.24. The lowest BCUT2D eigenvalue weighted by Crippen LogP contribution is -2.25. The molecule has 0 amide bonds. The van der Waals surface area contributed by atoms with Gasteiger partial charge >= 0.3 is 0 Å². The van der Waals surface area contributed by atoms with Gasteiger partial charge < -0.3 is 14.6 Å². The molecular weight excluding hydrogens is 132 g/mol. The van der Waals surface area contributed by atoms with Crippen LogP contribution < -0.4 is 0 Å². The summed E-state index contributed by atoms with van der Waals surface area (Å²) in [5, 5.41) is 8.51. The topological polar surface area (TPSA) is 38.7 Å². The number of rotatable bonds is 3. The normalized spacial score (nSPS) is 20.2. The van der Waals surface area contributed by atoms with E-state index in [0.29, 0.717) is 6.42 Å². The number of aliphatic hydroxyl groups is 1. The summed E-state index contributed by atoms with van der Waals surface area (Å²) < 4.78 is 10.3. The molecule has 1 N–H and O–H groups in total. The lowest BCUT2D eigenvalue weighted by Gasteiger charge is -2.22. The Morgan fingerprint density at radius 3 is 2.50 bits per heavy atom. The van der Waals surface area contributed by atoms with E-state index in [1.807, 2.05) is 6.92 Å². The van der Waals surface area contributed by atoms with Crippen molar-refractivity contribution in [3.05, 3.63) is 12.5 Å². The van der Waals surface area contributed by atoms with E-state index in [4.69, 9.17) is 14.6 Å². The highest BCUT2D eigenvalue weighted by molar-refractivity contribution is 4.79. The van der Waals surface area contributed by atoms with Gasteiger partial charge in [0.2, 0.25) is 5.79 Å². The molecule has 3 heteroatoms. The molecule has 1 aliphatic heterocycles. The van der Waals surface area contributed by atoms with Crippen LogP contribution in [0.5, 0.6) is 0 Å². The quantitative estimate of drug-likeness (QED) is 0.642. The minimum Gasteiger partial charge on any atom is -0.457 e. The van der Waals surface area contributed by atoms with Gasteiger partial charge in [0.05, 0.1) is 0 Å². The van der Waals surface area contributed by atoms with Crippen molar-refractivity contribution < 1.29 is 14.6 Å². The largest absolute Gasteiger partial charge is 0.457 e. The third kappa shape index (κ3) is 1.64. The molecule has 0 saturated heterocycles. The fourth-order valence-electron chi connectivity index (χ4n) is 0.889. The lowest BCUT2D eigenvalue weighted by atomic mass is 10.2. The fraction of sp³-hybridized carbons (Fsp3) is 0.714. The maximum absolute atomic E-state index is 8.51. The molecule has 0 unspecified atom stereocenters. The maximum Gasteiger partial charge on any atom is 0.247 e. The van der Waals surface area contributed by atoms with Gasteiger partial charge in [0.15, 0.2) is 0 Å². The van der Waals surface area contributed by atoms with Crippen LogP contribution in [0.15, 0.2) is 12.5 Å². The average Bonchev–Trinajstić information content (AvgIpc) is 2.33. The molecule has 0 radical (unpaired) electrons. The van der Waals surface area contributed by atoms with Gasteiger partial charge in [-0.3, -0.25) is 0 Å². The van der Waals surface area contributed by atoms with Crippen molar-refractivity contribution in [1.82, 2.24) is 0 Å². The highest BCUT2D eigenvalue weighted by Crippen LogP contribution is 2.24. The Hall–Kier alpha value is -0.700. The summed E-state index contributed by atoms with van der Waals surface area (Å²) in [5.41, 5.74) is 0. The molecule has 3 nitrogen and oxygen atoms in total. The van der Waals surface area contributed by atoms with Crippen LogP contribution in [0.3, 0.4) is 0 Å². The third-order valence-corrected chi connectivity index (χ3v) is 1.48. The summed E-state index contributed by atoms with van der Waals surface area (Å²) in [6.07, 6.45) is 4.48. The second-order valence-corrected chi connectivity index (χ2v) is 2.47. The smallest absolute Gasteiger partial charge is 0.247 e. The second kappa shape index (κ2) is 2.92. The SMILES string of the molecule is CC1(CCCO)OC=CO1. The number of ether oxygens (including phenoxy) is 2. The first kappa shape index (κ1) is 7.41. The Morgan fingerprint density at radius 1 is 1.40 bits per heavy atom. The summed E-state index contributed by atoms with van der Waals surface area (Å²) in [4.78, 5) is 0. The Bertz CT molecular complexity index is 123. The molecular formula is C7H12O3. The summed E-state index contributed by atoms with van der Waals surface area (Å²) in [5.74, 6) is -0.525. The van der Waals surface area contributed by atoms with Gasteiger partial charge in [-0.05, 0) is 6.42 Å². The van der Waals surface area contributed by atoms with Crippen molar-refractivity contribution in [3.8, 4) is 0 Å². The van der Waals surface area contributed by atoms with Crippen molar-refractivity contribution in [2.75, 3.05) is 6.61 Å². The van der Waals surface area contributed by atoms with Crippen LogP contribution in [0.4, 0.5) is 0 Å². The van der Waals surface area contributed by atoms with Crippen LogP contribution in [-0.2, 0) is 9.47 Å². The van der Waals surface area contributed by atoms with Gasteiger partial charge in [-0.2, -0.15) is 0 Å². The summed E-state index contributed by atoms with van der Waals surface area (Å²) >= 11 is 0. The highest BCUT2D eigenvalue weighted by Gasteiger charge is 2.27.